The van der Waals surface area contributed by atoms with Gasteiger partial charge in [-0.3, -0.25) is 9.36 Å². The summed E-state index contributed by atoms with van der Waals surface area (Å²) in [6, 6.07) is 16.9. The number of aromatic nitrogens is 1. The summed E-state index contributed by atoms with van der Waals surface area (Å²) < 4.78 is 28.0. The predicted molar refractivity (Wildman–Crippen MR) is 164 cm³/mol. The van der Waals surface area contributed by atoms with Gasteiger partial charge in [-0.2, -0.15) is 0 Å². The van der Waals surface area contributed by atoms with E-state index in [0.717, 1.165) is 22.3 Å². The Morgan fingerprint density at radius 3 is 2.37 bits per heavy atom. The Bertz CT molecular complexity index is 1820. The number of thiazole rings is 1. The van der Waals surface area contributed by atoms with Gasteiger partial charge in [0.1, 0.15) is 18.2 Å². The second-order valence-electron chi connectivity index (χ2n) is 9.44. The molecule has 210 valence electrons. The average molecular weight is 700 g/mol. The zero-order valence-corrected chi connectivity index (χ0v) is 26.4. The number of esters is 1. The largest absolute Gasteiger partial charge is 0.487 e. The van der Waals surface area contributed by atoms with Crippen LogP contribution in [0.2, 0.25) is 0 Å². The highest BCUT2D eigenvalue weighted by molar-refractivity contribution is 9.11. The Morgan fingerprint density at radius 1 is 1.07 bits per heavy atom. The summed E-state index contributed by atoms with van der Waals surface area (Å²) in [6.45, 7) is 5.98. The van der Waals surface area contributed by atoms with E-state index in [4.69, 9.17) is 9.47 Å². The topological polar surface area (TPSA) is 69.9 Å². The molecule has 0 amide bonds. The molecule has 1 aliphatic rings. The number of allylic oxidation sites excluding steroid dienone is 1. The molecular formula is C31H25Br2FN2O4S. The lowest BCUT2D eigenvalue weighted by Crippen LogP contribution is -2.39. The van der Waals surface area contributed by atoms with Crippen LogP contribution in [0.4, 0.5) is 4.39 Å². The monoisotopic (exact) mass is 698 g/mol. The molecular weight excluding hydrogens is 675 g/mol. The van der Waals surface area contributed by atoms with Gasteiger partial charge in [0.05, 0.1) is 37.4 Å². The molecule has 5 rings (SSSR count). The van der Waals surface area contributed by atoms with Crippen molar-refractivity contribution >= 4 is 55.2 Å². The molecule has 0 spiro atoms. The molecule has 0 radical (unpaired) electrons. The third-order valence-electron chi connectivity index (χ3n) is 6.52. The van der Waals surface area contributed by atoms with E-state index in [0.29, 0.717) is 35.3 Å². The third kappa shape index (κ3) is 6.14. The highest BCUT2D eigenvalue weighted by Gasteiger charge is 2.33. The summed E-state index contributed by atoms with van der Waals surface area (Å²) >= 11 is 8.41. The fraction of sp³-hybridized carbons (Fsp3) is 0.194. The molecule has 3 aromatic carbocycles. The Kier molecular flexibility index (Phi) is 8.72. The first kappa shape index (κ1) is 29.2. The molecule has 0 saturated heterocycles. The number of benzene rings is 3. The van der Waals surface area contributed by atoms with E-state index in [-0.39, 0.29) is 24.6 Å². The van der Waals surface area contributed by atoms with Gasteiger partial charge in [-0.05, 0) is 99.7 Å². The second-order valence-corrected chi connectivity index (χ2v) is 12.2. The zero-order chi connectivity index (χ0) is 29.3. The maximum absolute atomic E-state index is 13.9. The Labute approximate surface area is 256 Å². The number of carbonyl (C=O) groups excluding carboxylic acids is 1. The lowest BCUT2D eigenvalue weighted by molar-refractivity contribution is -0.139. The summed E-state index contributed by atoms with van der Waals surface area (Å²) in [7, 11) is 0. The van der Waals surface area contributed by atoms with Gasteiger partial charge in [0.15, 0.2) is 4.80 Å². The molecule has 4 aromatic rings. The molecule has 6 nitrogen and oxygen atoms in total. The first-order chi connectivity index (χ1) is 19.7. The molecule has 0 saturated carbocycles. The average Bonchev–Trinajstić information content (AvgIpc) is 3.23. The van der Waals surface area contributed by atoms with Gasteiger partial charge in [-0.25, -0.2) is 14.2 Å². The van der Waals surface area contributed by atoms with Crippen molar-refractivity contribution in [1.82, 2.24) is 4.57 Å². The Hall–Kier alpha value is -3.34. The van der Waals surface area contributed by atoms with Crippen molar-refractivity contribution in [1.29, 1.82) is 0 Å². The van der Waals surface area contributed by atoms with Crippen molar-refractivity contribution in [3.8, 4) is 5.75 Å². The molecule has 0 fully saturated rings. The van der Waals surface area contributed by atoms with Gasteiger partial charge in [0, 0.05) is 0 Å². The van der Waals surface area contributed by atoms with Crippen LogP contribution < -0.4 is 19.6 Å². The van der Waals surface area contributed by atoms with E-state index in [1.165, 1.54) is 23.5 Å². The van der Waals surface area contributed by atoms with E-state index in [1.54, 1.807) is 36.6 Å². The van der Waals surface area contributed by atoms with Gasteiger partial charge in [-0.1, -0.05) is 53.3 Å². The standard InChI is InChI=1S/C31H25Br2FN2O4S/c1-4-39-30(38)26-18(3)35-31-36(27(26)21-9-5-17(2)6-10-21)29(37)25(41-31)15-20-13-23(32)28(24(33)14-20)40-16-19-7-11-22(34)12-8-19/h5-15,27H,4,16H2,1-3H3/b25-15+/t27-/m1/s1. The van der Waals surface area contributed by atoms with Crippen LogP contribution in [0, 0.1) is 12.7 Å². The summed E-state index contributed by atoms with van der Waals surface area (Å²) in [4.78, 5) is 32.0. The molecule has 1 aliphatic heterocycles. The minimum absolute atomic E-state index is 0.216. The number of carbonyl (C=O) groups is 1. The molecule has 41 heavy (non-hydrogen) atoms. The number of ether oxygens (including phenoxy) is 2. The Balaban J connectivity index is 1.54. The molecule has 0 aliphatic carbocycles. The fourth-order valence-electron chi connectivity index (χ4n) is 4.54. The number of hydrogen-bond donors (Lipinski definition) is 0. The summed E-state index contributed by atoms with van der Waals surface area (Å²) in [6.07, 6.45) is 1.79. The quantitative estimate of drug-likeness (QED) is 0.211. The smallest absolute Gasteiger partial charge is 0.338 e. The Morgan fingerprint density at radius 2 is 1.73 bits per heavy atom. The van der Waals surface area contributed by atoms with E-state index >= 15 is 0 Å². The van der Waals surface area contributed by atoms with Gasteiger partial charge < -0.3 is 9.47 Å². The van der Waals surface area contributed by atoms with Crippen LogP contribution in [0.25, 0.3) is 6.08 Å². The summed E-state index contributed by atoms with van der Waals surface area (Å²) in [5, 5.41) is 0. The van der Waals surface area contributed by atoms with Gasteiger partial charge >= 0.3 is 5.97 Å². The van der Waals surface area contributed by atoms with Crippen LogP contribution in [0.15, 0.2) is 90.7 Å². The van der Waals surface area contributed by atoms with E-state index < -0.39 is 12.0 Å². The molecule has 0 bridgehead atoms. The second kappa shape index (κ2) is 12.3. The van der Waals surface area contributed by atoms with Crippen LogP contribution in [0.5, 0.6) is 5.75 Å². The van der Waals surface area contributed by atoms with E-state index in [1.807, 2.05) is 43.3 Å². The van der Waals surface area contributed by atoms with Crippen molar-refractivity contribution in [2.45, 2.75) is 33.4 Å². The molecule has 10 heteroatoms. The van der Waals surface area contributed by atoms with Crippen LogP contribution in [0.1, 0.15) is 42.1 Å². The highest BCUT2D eigenvalue weighted by Crippen LogP contribution is 2.36. The molecule has 1 aromatic heterocycles. The summed E-state index contributed by atoms with van der Waals surface area (Å²) in [5.74, 6) is -0.206. The highest BCUT2D eigenvalue weighted by atomic mass is 79.9. The number of aryl methyl sites for hydroxylation is 1. The van der Waals surface area contributed by atoms with Gasteiger partial charge in [0.2, 0.25) is 0 Å². The van der Waals surface area contributed by atoms with Crippen LogP contribution >= 0.6 is 43.2 Å². The minimum Gasteiger partial charge on any atom is -0.487 e. The lowest BCUT2D eigenvalue weighted by atomic mass is 9.95. The minimum atomic E-state index is -0.659. The van der Waals surface area contributed by atoms with Crippen molar-refractivity contribution in [2.75, 3.05) is 6.61 Å². The lowest BCUT2D eigenvalue weighted by Gasteiger charge is -2.24. The molecule has 1 atom stereocenters. The van der Waals surface area contributed by atoms with E-state index in [2.05, 4.69) is 36.9 Å². The van der Waals surface area contributed by atoms with Crippen LogP contribution in [-0.4, -0.2) is 17.1 Å². The maximum Gasteiger partial charge on any atom is 0.338 e. The van der Waals surface area contributed by atoms with Crippen molar-refractivity contribution in [3.05, 3.63) is 129 Å². The van der Waals surface area contributed by atoms with Crippen LogP contribution in [0.3, 0.4) is 0 Å². The number of fused-ring (bicyclic) bond motifs is 1. The number of nitrogens with zero attached hydrogens (tertiary/aromatic N) is 2. The number of halogens is 3. The van der Waals surface area contributed by atoms with Crippen molar-refractivity contribution in [3.63, 3.8) is 0 Å². The maximum atomic E-state index is 13.9. The number of rotatable bonds is 7. The molecule has 2 heterocycles. The first-order valence-corrected chi connectivity index (χ1v) is 15.2. The fourth-order valence-corrected chi connectivity index (χ4v) is 7.04. The van der Waals surface area contributed by atoms with Crippen molar-refractivity contribution < 1.29 is 18.7 Å². The van der Waals surface area contributed by atoms with Crippen molar-refractivity contribution in [2.24, 2.45) is 4.99 Å². The van der Waals surface area contributed by atoms with Gasteiger partial charge in [0.25, 0.3) is 5.56 Å². The molecule has 0 unspecified atom stereocenters. The first-order valence-electron chi connectivity index (χ1n) is 12.8. The third-order valence-corrected chi connectivity index (χ3v) is 8.69. The molecule has 0 N–H and O–H groups in total. The van der Waals surface area contributed by atoms with Crippen LogP contribution in [-0.2, 0) is 16.1 Å². The SMILES string of the molecule is CCOC(=O)C1=C(C)N=c2s/c(=C/c3cc(Br)c(OCc4ccc(F)cc4)c(Br)c3)c(=O)n2[C@@H]1c1ccc(C)cc1. The van der Waals surface area contributed by atoms with Gasteiger partial charge in [-0.15, -0.1) is 0 Å². The van der Waals surface area contributed by atoms with E-state index in [9.17, 15) is 14.0 Å². The number of hydrogen-bond acceptors (Lipinski definition) is 6. The summed E-state index contributed by atoms with van der Waals surface area (Å²) in [5.41, 5.74) is 4.08. The normalized spacial score (nSPS) is 15.0. The predicted octanol–water partition coefficient (Wildman–Crippen LogP) is 6.35. The zero-order valence-electron chi connectivity index (χ0n) is 22.4.